The first-order valence-corrected chi connectivity index (χ1v) is 7.42. The Balaban J connectivity index is 0.00000242. The lowest BCUT2D eigenvalue weighted by molar-refractivity contribution is -0.116. The fourth-order valence-corrected chi connectivity index (χ4v) is 2.54. The minimum absolute atomic E-state index is 0. The second kappa shape index (κ2) is 8.76. The number of nitrogens with zero attached hydrogens (tertiary/aromatic N) is 1. The maximum atomic E-state index is 12.1. The van der Waals surface area contributed by atoms with E-state index in [1.807, 2.05) is 6.07 Å². The Hall–Kier alpha value is -1.59. The Kier molecular flexibility index (Phi) is 7.35. The topological polar surface area (TPSA) is 61.4 Å². The van der Waals surface area contributed by atoms with Gasteiger partial charge in [0, 0.05) is 26.6 Å². The number of nitrogens with one attached hydrogen (secondary N) is 2. The van der Waals surface area contributed by atoms with Gasteiger partial charge in [0.05, 0.1) is 11.3 Å². The average molecular weight is 326 g/mol. The maximum absolute atomic E-state index is 12.1. The van der Waals surface area contributed by atoms with Gasteiger partial charge in [-0.15, -0.1) is 12.4 Å². The van der Waals surface area contributed by atoms with Gasteiger partial charge in [0.15, 0.2) is 0 Å². The molecule has 1 aromatic rings. The van der Waals surface area contributed by atoms with Crippen LogP contribution in [0.5, 0.6) is 0 Å². The zero-order valence-corrected chi connectivity index (χ0v) is 13.9. The third-order valence-electron chi connectivity index (χ3n) is 3.72. The van der Waals surface area contributed by atoms with Gasteiger partial charge >= 0.3 is 0 Å². The summed E-state index contributed by atoms with van der Waals surface area (Å²) in [5.41, 5.74) is 1.11. The number of amides is 2. The third kappa shape index (κ3) is 5.00. The number of carbonyl (C=O) groups is 2. The molecule has 5 nitrogen and oxygen atoms in total. The van der Waals surface area contributed by atoms with Crippen LogP contribution in [-0.2, 0) is 4.79 Å². The summed E-state index contributed by atoms with van der Waals surface area (Å²) in [6.07, 6.45) is 3.65. The summed E-state index contributed by atoms with van der Waals surface area (Å²) in [6, 6.07) is 7.57. The van der Waals surface area contributed by atoms with E-state index in [0.29, 0.717) is 23.7 Å². The molecular formula is C16H24ClN3O2. The Morgan fingerprint density at radius 2 is 2.05 bits per heavy atom. The van der Waals surface area contributed by atoms with Crippen molar-refractivity contribution in [2.75, 3.05) is 26.0 Å². The molecular weight excluding hydrogens is 302 g/mol. The van der Waals surface area contributed by atoms with E-state index in [2.05, 4.69) is 10.6 Å². The molecule has 0 aromatic heterocycles. The Morgan fingerprint density at radius 1 is 1.32 bits per heavy atom. The highest BCUT2D eigenvalue weighted by Gasteiger charge is 2.17. The lowest BCUT2D eigenvalue weighted by atomic mass is 10.1. The van der Waals surface area contributed by atoms with E-state index in [9.17, 15) is 9.59 Å². The largest absolute Gasteiger partial charge is 0.345 e. The summed E-state index contributed by atoms with van der Waals surface area (Å²) in [4.78, 5) is 25.6. The first-order chi connectivity index (χ1) is 10.1. The highest BCUT2D eigenvalue weighted by Crippen LogP contribution is 2.18. The van der Waals surface area contributed by atoms with E-state index < -0.39 is 0 Å². The second-order valence-corrected chi connectivity index (χ2v) is 5.63. The highest BCUT2D eigenvalue weighted by atomic mass is 35.5. The molecule has 1 aliphatic rings. The van der Waals surface area contributed by atoms with Crippen molar-refractivity contribution in [1.82, 2.24) is 10.2 Å². The summed E-state index contributed by atoms with van der Waals surface area (Å²) >= 11 is 0. The van der Waals surface area contributed by atoms with Crippen LogP contribution in [0.2, 0.25) is 0 Å². The van der Waals surface area contributed by atoms with Crippen LogP contribution in [0.4, 0.5) is 5.69 Å². The molecule has 1 fully saturated rings. The van der Waals surface area contributed by atoms with E-state index in [1.165, 1.54) is 11.3 Å². The monoisotopic (exact) mass is 325 g/mol. The van der Waals surface area contributed by atoms with Crippen LogP contribution >= 0.6 is 12.4 Å². The molecule has 0 aliphatic carbocycles. The van der Waals surface area contributed by atoms with Crippen LogP contribution in [0.3, 0.4) is 0 Å². The van der Waals surface area contributed by atoms with Crippen molar-refractivity contribution in [2.24, 2.45) is 0 Å². The van der Waals surface area contributed by atoms with E-state index in [0.717, 1.165) is 19.4 Å². The van der Waals surface area contributed by atoms with Crippen LogP contribution in [0, 0.1) is 0 Å². The molecule has 1 heterocycles. The minimum atomic E-state index is -0.108. The molecule has 1 aromatic carbocycles. The first kappa shape index (κ1) is 18.5. The SMILES string of the molecule is CN(C)C(=O)c1ccccc1NC(=O)CCC1CCCN1.Cl. The van der Waals surface area contributed by atoms with E-state index >= 15 is 0 Å². The van der Waals surface area contributed by atoms with Crippen LogP contribution < -0.4 is 10.6 Å². The summed E-state index contributed by atoms with van der Waals surface area (Å²) in [5.74, 6) is -0.147. The van der Waals surface area contributed by atoms with Crippen LogP contribution in [0.15, 0.2) is 24.3 Å². The molecule has 0 saturated carbocycles. The van der Waals surface area contributed by atoms with E-state index in [1.54, 1.807) is 32.3 Å². The standard InChI is InChI=1S/C16H23N3O2.ClH/c1-19(2)16(21)13-7-3-4-8-14(13)18-15(20)10-9-12-6-5-11-17-12;/h3-4,7-8,12,17H,5-6,9-11H2,1-2H3,(H,18,20);1H. The zero-order chi connectivity index (χ0) is 15.2. The van der Waals surface area contributed by atoms with Crippen molar-refractivity contribution in [3.8, 4) is 0 Å². The quantitative estimate of drug-likeness (QED) is 0.873. The molecule has 1 aliphatic heterocycles. The highest BCUT2D eigenvalue weighted by molar-refractivity contribution is 6.03. The second-order valence-electron chi connectivity index (χ2n) is 5.63. The molecule has 0 bridgehead atoms. The van der Waals surface area contributed by atoms with Crippen molar-refractivity contribution in [3.05, 3.63) is 29.8 Å². The van der Waals surface area contributed by atoms with Gasteiger partial charge in [-0.05, 0) is 37.9 Å². The Morgan fingerprint density at radius 3 is 2.68 bits per heavy atom. The number of para-hydroxylation sites is 1. The number of rotatable bonds is 5. The summed E-state index contributed by atoms with van der Waals surface area (Å²) < 4.78 is 0. The number of benzene rings is 1. The van der Waals surface area contributed by atoms with Gasteiger partial charge in [0.25, 0.3) is 5.91 Å². The summed E-state index contributed by atoms with van der Waals surface area (Å²) in [7, 11) is 3.40. The minimum Gasteiger partial charge on any atom is -0.345 e. The van der Waals surface area contributed by atoms with Crippen LogP contribution in [-0.4, -0.2) is 43.4 Å². The zero-order valence-electron chi connectivity index (χ0n) is 13.1. The molecule has 122 valence electrons. The number of anilines is 1. The van der Waals surface area contributed by atoms with Crippen LogP contribution in [0.25, 0.3) is 0 Å². The molecule has 6 heteroatoms. The van der Waals surface area contributed by atoms with E-state index in [-0.39, 0.29) is 24.2 Å². The van der Waals surface area contributed by atoms with Crippen molar-refractivity contribution in [3.63, 3.8) is 0 Å². The fourth-order valence-electron chi connectivity index (χ4n) is 2.54. The predicted molar refractivity (Wildman–Crippen MR) is 90.6 cm³/mol. The van der Waals surface area contributed by atoms with Crippen molar-refractivity contribution in [1.29, 1.82) is 0 Å². The smallest absolute Gasteiger partial charge is 0.255 e. The summed E-state index contributed by atoms with van der Waals surface area (Å²) in [6.45, 7) is 1.05. The molecule has 1 atom stereocenters. The maximum Gasteiger partial charge on any atom is 0.255 e. The fraction of sp³-hybridized carbons (Fsp3) is 0.500. The lowest BCUT2D eigenvalue weighted by Crippen LogP contribution is -2.25. The number of halogens is 1. The number of carbonyl (C=O) groups excluding carboxylic acids is 2. The van der Waals surface area contributed by atoms with Crippen molar-refractivity contribution in [2.45, 2.75) is 31.7 Å². The predicted octanol–water partition coefficient (Wildman–Crippen LogP) is 2.28. The molecule has 2 amide bonds. The molecule has 1 unspecified atom stereocenters. The normalized spacial score (nSPS) is 16.7. The van der Waals surface area contributed by atoms with Gasteiger partial charge < -0.3 is 15.5 Å². The molecule has 1 saturated heterocycles. The van der Waals surface area contributed by atoms with Crippen molar-refractivity contribution < 1.29 is 9.59 Å². The Bertz CT molecular complexity index is 514. The molecule has 2 rings (SSSR count). The molecule has 2 N–H and O–H groups in total. The van der Waals surface area contributed by atoms with Crippen molar-refractivity contribution >= 4 is 29.9 Å². The number of hydrogen-bond acceptors (Lipinski definition) is 3. The van der Waals surface area contributed by atoms with Crippen LogP contribution in [0.1, 0.15) is 36.0 Å². The van der Waals surface area contributed by atoms with Gasteiger partial charge in [-0.25, -0.2) is 0 Å². The molecule has 0 spiro atoms. The Labute approximate surface area is 137 Å². The van der Waals surface area contributed by atoms with Gasteiger partial charge in [0.2, 0.25) is 5.91 Å². The van der Waals surface area contributed by atoms with Gasteiger partial charge in [-0.3, -0.25) is 9.59 Å². The molecule has 0 radical (unpaired) electrons. The average Bonchev–Trinajstić information content (AvgIpc) is 2.98. The third-order valence-corrected chi connectivity index (χ3v) is 3.72. The first-order valence-electron chi connectivity index (χ1n) is 7.42. The van der Waals surface area contributed by atoms with Gasteiger partial charge in [0.1, 0.15) is 0 Å². The molecule has 22 heavy (non-hydrogen) atoms. The van der Waals surface area contributed by atoms with E-state index in [4.69, 9.17) is 0 Å². The van der Waals surface area contributed by atoms with Gasteiger partial charge in [-0.2, -0.15) is 0 Å². The summed E-state index contributed by atoms with van der Waals surface area (Å²) in [5, 5.41) is 6.24. The van der Waals surface area contributed by atoms with Gasteiger partial charge in [-0.1, -0.05) is 12.1 Å². The lowest BCUT2D eigenvalue weighted by Gasteiger charge is -2.15. The number of hydrogen-bond donors (Lipinski definition) is 2.